The van der Waals surface area contributed by atoms with Crippen LogP contribution in [0.1, 0.15) is 43.0 Å². The summed E-state index contributed by atoms with van der Waals surface area (Å²) < 4.78 is 6.24. The van der Waals surface area contributed by atoms with Gasteiger partial charge in [0.25, 0.3) is 0 Å². The molecule has 1 amide bonds. The number of piperazine rings is 1. The van der Waals surface area contributed by atoms with E-state index in [0.29, 0.717) is 44.7 Å². The van der Waals surface area contributed by atoms with Crippen molar-refractivity contribution < 1.29 is 9.53 Å². The van der Waals surface area contributed by atoms with Crippen molar-refractivity contribution >= 4 is 28.2 Å². The number of benzene rings is 2. The first-order valence-electron chi connectivity index (χ1n) is 15.2. The summed E-state index contributed by atoms with van der Waals surface area (Å²) in [5, 5.41) is 2.53. The van der Waals surface area contributed by atoms with Crippen LogP contribution in [-0.4, -0.2) is 66.1 Å². The topological polar surface area (TPSA) is 66.2 Å². The normalized spacial score (nSPS) is 19.3. The number of hydrogen-bond donors (Lipinski definition) is 0. The van der Waals surface area contributed by atoms with E-state index in [0.717, 1.165) is 42.4 Å². The van der Waals surface area contributed by atoms with Gasteiger partial charge in [0.1, 0.15) is 11.9 Å². The van der Waals surface area contributed by atoms with E-state index in [1.807, 2.05) is 0 Å². The number of ether oxygens (including phenoxy) is 1. The Morgan fingerprint density at radius 3 is 2.74 bits per heavy atom. The standard InChI is InChI=1S/C34H40N6O2/c1-5-31(41)40-18-17-39(21-27(40)20-35-4)33-28-14-16-38(30-11-7-10-26-9-6-8-24(3)32(26)30)22-29(28)36-34(37-33)42-19-15-23(2)25-12-13-25/h5-11,23,25,27H,1,12-22H2,2-3H3/t23?,27-/m0/s1. The molecule has 2 aromatic carbocycles. The summed E-state index contributed by atoms with van der Waals surface area (Å²) in [5.41, 5.74) is 4.63. The lowest BCUT2D eigenvalue weighted by Crippen LogP contribution is -2.56. The summed E-state index contributed by atoms with van der Waals surface area (Å²) in [4.78, 5) is 32.6. The van der Waals surface area contributed by atoms with Crippen molar-refractivity contribution in [3.8, 4) is 6.01 Å². The minimum absolute atomic E-state index is 0.122. The number of fused-ring (bicyclic) bond motifs is 2. The molecule has 1 unspecified atom stereocenters. The molecule has 1 saturated carbocycles. The van der Waals surface area contributed by atoms with Crippen molar-refractivity contribution in [2.24, 2.45) is 11.8 Å². The van der Waals surface area contributed by atoms with Crippen LogP contribution < -0.4 is 14.5 Å². The van der Waals surface area contributed by atoms with E-state index < -0.39 is 0 Å². The average Bonchev–Trinajstić information content (AvgIpc) is 3.86. The second-order valence-corrected chi connectivity index (χ2v) is 12.0. The third kappa shape index (κ3) is 5.65. The van der Waals surface area contributed by atoms with E-state index in [1.54, 1.807) is 4.90 Å². The zero-order valence-electron chi connectivity index (χ0n) is 24.8. The number of carbonyl (C=O) groups is 1. The molecule has 218 valence electrons. The molecule has 8 nitrogen and oxygen atoms in total. The lowest BCUT2D eigenvalue weighted by molar-refractivity contribution is -0.128. The SMILES string of the molecule is [C-]#[N+]C[C@H]1CN(c2nc(OCCC(C)C3CC3)nc3c2CCN(c2cccc4cccc(C)c24)C3)CCN1C(=O)C=C. The molecule has 1 aliphatic carbocycles. The lowest BCUT2D eigenvalue weighted by atomic mass is 9.99. The van der Waals surface area contributed by atoms with Crippen LogP contribution in [0.3, 0.4) is 0 Å². The maximum Gasteiger partial charge on any atom is 0.318 e. The molecule has 6 rings (SSSR count). The van der Waals surface area contributed by atoms with Crippen LogP contribution in [0.25, 0.3) is 15.6 Å². The molecule has 0 bridgehead atoms. The lowest BCUT2D eigenvalue weighted by Gasteiger charge is -2.41. The van der Waals surface area contributed by atoms with Gasteiger partial charge in [0, 0.05) is 42.8 Å². The van der Waals surface area contributed by atoms with Crippen LogP contribution in [0.2, 0.25) is 0 Å². The molecule has 3 aromatic rings. The van der Waals surface area contributed by atoms with Crippen LogP contribution in [0.5, 0.6) is 6.01 Å². The first-order chi connectivity index (χ1) is 20.5. The third-order valence-electron chi connectivity index (χ3n) is 9.23. The molecular weight excluding hydrogens is 524 g/mol. The van der Waals surface area contributed by atoms with Crippen molar-refractivity contribution in [2.75, 3.05) is 49.1 Å². The number of amides is 1. The number of aromatic nitrogens is 2. The Balaban J connectivity index is 1.31. The van der Waals surface area contributed by atoms with Gasteiger partial charge in [-0.1, -0.05) is 43.8 Å². The van der Waals surface area contributed by atoms with Gasteiger partial charge >= 0.3 is 6.01 Å². The first-order valence-corrected chi connectivity index (χ1v) is 15.2. The monoisotopic (exact) mass is 564 g/mol. The molecule has 1 saturated heterocycles. The van der Waals surface area contributed by atoms with Crippen molar-refractivity contribution in [1.82, 2.24) is 14.9 Å². The molecule has 3 aliphatic rings. The van der Waals surface area contributed by atoms with Crippen molar-refractivity contribution in [1.29, 1.82) is 0 Å². The van der Waals surface area contributed by atoms with E-state index in [9.17, 15) is 4.79 Å². The van der Waals surface area contributed by atoms with Gasteiger partial charge in [-0.15, -0.1) is 0 Å². The van der Waals surface area contributed by atoms with Crippen LogP contribution in [-0.2, 0) is 17.8 Å². The number of rotatable bonds is 9. The molecule has 2 fully saturated rings. The predicted octanol–water partition coefficient (Wildman–Crippen LogP) is 5.44. The fraction of sp³-hybridized carbons (Fsp3) is 0.471. The molecule has 2 aliphatic heterocycles. The summed E-state index contributed by atoms with van der Waals surface area (Å²) in [7, 11) is 0. The Labute approximate surface area is 248 Å². The first kappa shape index (κ1) is 28.0. The average molecular weight is 565 g/mol. The molecule has 2 atom stereocenters. The second kappa shape index (κ2) is 12.0. The summed E-state index contributed by atoms with van der Waals surface area (Å²) in [6.45, 7) is 19.8. The van der Waals surface area contributed by atoms with Crippen LogP contribution >= 0.6 is 0 Å². The highest BCUT2D eigenvalue weighted by Gasteiger charge is 2.35. The molecule has 0 N–H and O–H groups in total. The Bertz CT molecular complexity index is 1520. The van der Waals surface area contributed by atoms with Crippen molar-refractivity contribution in [3.05, 3.63) is 77.3 Å². The van der Waals surface area contributed by atoms with Gasteiger partial charge in [-0.2, -0.15) is 9.97 Å². The van der Waals surface area contributed by atoms with Gasteiger partial charge in [-0.05, 0) is 67.5 Å². The largest absolute Gasteiger partial charge is 0.463 e. The summed E-state index contributed by atoms with van der Waals surface area (Å²) in [6.07, 6.45) is 5.81. The summed E-state index contributed by atoms with van der Waals surface area (Å²) in [6, 6.07) is 13.2. The highest BCUT2D eigenvalue weighted by atomic mass is 16.5. The molecule has 42 heavy (non-hydrogen) atoms. The van der Waals surface area contributed by atoms with E-state index >= 15 is 0 Å². The fourth-order valence-corrected chi connectivity index (χ4v) is 6.64. The van der Waals surface area contributed by atoms with Crippen LogP contribution in [0.15, 0.2) is 49.1 Å². The number of carbonyl (C=O) groups excluding carboxylic acids is 1. The minimum Gasteiger partial charge on any atom is -0.463 e. The fourth-order valence-electron chi connectivity index (χ4n) is 6.64. The summed E-state index contributed by atoms with van der Waals surface area (Å²) in [5.74, 6) is 2.25. The second-order valence-electron chi connectivity index (χ2n) is 12.0. The minimum atomic E-state index is -0.213. The Morgan fingerprint density at radius 1 is 1.17 bits per heavy atom. The van der Waals surface area contributed by atoms with Crippen LogP contribution in [0, 0.1) is 25.3 Å². The zero-order chi connectivity index (χ0) is 29.2. The number of anilines is 2. The van der Waals surface area contributed by atoms with Gasteiger partial charge in [-0.3, -0.25) is 4.79 Å². The maximum atomic E-state index is 12.5. The molecule has 0 radical (unpaired) electrons. The Hall–Kier alpha value is -4.12. The van der Waals surface area contributed by atoms with E-state index in [1.165, 1.54) is 40.9 Å². The van der Waals surface area contributed by atoms with Gasteiger partial charge < -0.3 is 24.3 Å². The summed E-state index contributed by atoms with van der Waals surface area (Å²) >= 11 is 0. The van der Waals surface area contributed by atoms with E-state index in [4.69, 9.17) is 21.3 Å². The van der Waals surface area contributed by atoms with Crippen LogP contribution in [0.4, 0.5) is 11.5 Å². The number of hydrogen-bond acceptors (Lipinski definition) is 6. The van der Waals surface area contributed by atoms with E-state index in [2.05, 4.69) is 71.5 Å². The molecular formula is C34H40N6O2. The maximum absolute atomic E-state index is 12.5. The van der Waals surface area contributed by atoms with Gasteiger partial charge in [0.2, 0.25) is 12.5 Å². The molecule has 8 heteroatoms. The quantitative estimate of drug-likeness (QED) is 0.255. The number of aryl methyl sites for hydroxylation is 1. The highest BCUT2D eigenvalue weighted by Crippen LogP contribution is 2.38. The van der Waals surface area contributed by atoms with Crippen molar-refractivity contribution in [2.45, 2.75) is 52.1 Å². The highest BCUT2D eigenvalue weighted by molar-refractivity contribution is 5.97. The predicted molar refractivity (Wildman–Crippen MR) is 167 cm³/mol. The third-order valence-corrected chi connectivity index (χ3v) is 9.23. The van der Waals surface area contributed by atoms with Gasteiger partial charge in [-0.25, -0.2) is 6.57 Å². The Morgan fingerprint density at radius 2 is 1.98 bits per heavy atom. The Kier molecular flexibility index (Phi) is 8.01. The molecule has 1 aromatic heterocycles. The smallest absolute Gasteiger partial charge is 0.318 e. The van der Waals surface area contributed by atoms with Gasteiger partial charge in [0.05, 0.1) is 18.8 Å². The molecule has 3 heterocycles. The molecule has 0 spiro atoms. The van der Waals surface area contributed by atoms with Crippen molar-refractivity contribution in [3.63, 3.8) is 0 Å². The van der Waals surface area contributed by atoms with E-state index in [-0.39, 0.29) is 18.5 Å². The zero-order valence-corrected chi connectivity index (χ0v) is 24.8. The number of nitrogens with zero attached hydrogens (tertiary/aromatic N) is 6. The van der Waals surface area contributed by atoms with Gasteiger partial charge in [0.15, 0.2) is 0 Å².